The van der Waals surface area contributed by atoms with E-state index in [4.69, 9.17) is 4.74 Å². The number of benzene rings is 1. The fourth-order valence-electron chi connectivity index (χ4n) is 1.53. The van der Waals surface area contributed by atoms with Gasteiger partial charge in [-0.25, -0.2) is 0 Å². The van der Waals surface area contributed by atoms with Crippen LogP contribution in [0.15, 0.2) is 18.2 Å². The summed E-state index contributed by atoms with van der Waals surface area (Å²) >= 11 is 0. The molecule has 7 nitrogen and oxygen atoms in total. The third-order valence-electron chi connectivity index (χ3n) is 2.71. The summed E-state index contributed by atoms with van der Waals surface area (Å²) in [6.45, 7) is 3.33. The molecule has 0 atom stereocenters. The van der Waals surface area contributed by atoms with E-state index in [0.29, 0.717) is 0 Å². The molecule has 1 aromatic rings. The Labute approximate surface area is 116 Å². The lowest BCUT2D eigenvalue weighted by molar-refractivity contribution is -0.385. The predicted molar refractivity (Wildman–Crippen MR) is 71.8 cm³/mol. The van der Waals surface area contributed by atoms with Crippen LogP contribution in [0.5, 0.6) is 5.75 Å². The molecular formula is C13H16N2O5. The van der Waals surface area contributed by atoms with Crippen molar-refractivity contribution >= 4 is 17.4 Å². The van der Waals surface area contributed by atoms with Crippen molar-refractivity contribution in [3.8, 4) is 5.75 Å². The van der Waals surface area contributed by atoms with Crippen LogP contribution in [0.25, 0.3) is 0 Å². The third kappa shape index (κ3) is 3.53. The standard InChI is InChI=1S/C13H16N2O5/c1-8(2)11(16)7-14-13(17)9-5-4-6-10(15(18)19)12(9)20-3/h4-6,8H,7H2,1-3H3,(H,14,17). The lowest BCUT2D eigenvalue weighted by Crippen LogP contribution is -2.31. The van der Waals surface area contributed by atoms with Gasteiger partial charge < -0.3 is 10.1 Å². The Hall–Kier alpha value is -2.44. The minimum Gasteiger partial charge on any atom is -0.490 e. The minimum atomic E-state index is -0.630. The summed E-state index contributed by atoms with van der Waals surface area (Å²) in [4.78, 5) is 33.6. The predicted octanol–water partition coefficient (Wildman–Crippen LogP) is 1.56. The number of Topliss-reactive ketones (excluding diaryl/α,β-unsaturated/α-hetero) is 1. The molecule has 0 fully saturated rings. The van der Waals surface area contributed by atoms with E-state index in [-0.39, 0.29) is 35.2 Å². The maximum absolute atomic E-state index is 12.0. The van der Waals surface area contributed by atoms with E-state index in [1.807, 2.05) is 0 Å². The SMILES string of the molecule is COc1c(C(=O)NCC(=O)C(C)C)cccc1[N+](=O)[O-]. The molecule has 7 heteroatoms. The van der Waals surface area contributed by atoms with Crippen molar-refractivity contribution < 1.29 is 19.2 Å². The first-order chi connectivity index (χ1) is 9.38. The number of nitro benzene ring substituents is 1. The summed E-state index contributed by atoms with van der Waals surface area (Å²) in [5.74, 6) is -1.02. The van der Waals surface area contributed by atoms with Crippen molar-refractivity contribution in [2.24, 2.45) is 5.92 Å². The number of methoxy groups -OCH3 is 1. The maximum atomic E-state index is 12.0. The molecule has 0 aromatic heterocycles. The molecule has 20 heavy (non-hydrogen) atoms. The van der Waals surface area contributed by atoms with Gasteiger partial charge in [-0.3, -0.25) is 19.7 Å². The first-order valence-electron chi connectivity index (χ1n) is 6.00. The fourth-order valence-corrected chi connectivity index (χ4v) is 1.53. The average molecular weight is 280 g/mol. The number of carbonyl (C=O) groups is 2. The number of nitro groups is 1. The highest BCUT2D eigenvalue weighted by atomic mass is 16.6. The summed E-state index contributed by atoms with van der Waals surface area (Å²) in [6, 6.07) is 4.04. The molecule has 0 aliphatic carbocycles. The molecule has 0 bridgehead atoms. The van der Waals surface area contributed by atoms with Gasteiger partial charge in [0.25, 0.3) is 5.91 Å². The van der Waals surface area contributed by atoms with Crippen LogP contribution < -0.4 is 10.1 Å². The second-order valence-electron chi connectivity index (χ2n) is 4.42. The summed E-state index contributed by atoms with van der Waals surface area (Å²) < 4.78 is 4.93. The molecule has 0 aliphatic heterocycles. The molecule has 0 heterocycles. The monoisotopic (exact) mass is 280 g/mol. The Balaban J connectivity index is 2.96. The number of ketones is 1. The Morgan fingerprint density at radius 3 is 2.55 bits per heavy atom. The van der Waals surface area contributed by atoms with Crippen molar-refractivity contribution in [1.29, 1.82) is 0 Å². The van der Waals surface area contributed by atoms with Crippen LogP contribution in [0.4, 0.5) is 5.69 Å². The molecule has 1 aromatic carbocycles. The van der Waals surface area contributed by atoms with Gasteiger partial charge >= 0.3 is 5.69 Å². The van der Waals surface area contributed by atoms with E-state index in [2.05, 4.69) is 5.32 Å². The van der Waals surface area contributed by atoms with Gasteiger partial charge in [0.15, 0.2) is 5.78 Å². The van der Waals surface area contributed by atoms with E-state index in [0.717, 1.165) is 0 Å². The van der Waals surface area contributed by atoms with Crippen molar-refractivity contribution in [1.82, 2.24) is 5.32 Å². The summed E-state index contributed by atoms with van der Waals surface area (Å²) in [7, 11) is 1.25. The number of hydrogen-bond acceptors (Lipinski definition) is 5. The Morgan fingerprint density at radius 1 is 1.40 bits per heavy atom. The number of carbonyl (C=O) groups excluding carboxylic acids is 2. The molecule has 0 saturated heterocycles. The first-order valence-corrected chi connectivity index (χ1v) is 6.00. The smallest absolute Gasteiger partial charge is 0.311 e. The van der Waals surface area contributed by atoms with Crippen LogP contribution in [0.3, 0.4) is 0 Å². The molecule has 0 unspecified atom stereocenters. The lowest BCUT2D eigenvalue weighted by atomic mass is 10.1. The molecule has 1 amide bonds. The fraction of sp³-hybridized carbons (Fsp3) is 0.385. The van der Waals surface area contributed by atoms with Gasteiger partial charge in [0.05, 0.1) is 24.1 Å². The van der Waals surface area contributed by atoms with Gasteiger partial charge in [-0.1, -0.05) is 19.9 Å². The zero-order chi connectivity index (χ0) is 15.3. The van der Waals surface area contributed by atoms with Crippen molar-refractivity contribution in [3.63, 3.8) is 0 Å². The van der Waals surface area contributed by atoms with Gasteiger partial charge in [-0.15, -0.1) is 0 Å². The van der Waals surface area contributed by atoms with Crippen LogP contribution in [0.1, 0.15) is 24.2 Å². The van der Waals surface area contributed by atoms with E-state index in [1.54, 1.807) is 13.8 Å². The van der Waals surface area contributed by atoms with Crippen molar-refractivity contribution in [3.05, 3.63) is 33.9 Å². The Kier molecular flexibility index (Phi) is 5.19. The first kappa shape index (κ1) is 15.6. The van der Waals surface area contributed by atoms with E-state index < -0.39 is 10.8 Å². The quantitative estimate of drug-likeness (QED) is 0.629. The van der Waals surface area contributed by atoms with E-state index in [1.165, 1.54) is 25.3 Å². The molecule has 0 spiro atoms. The molecular weight excluding hydrogens is 264 g/mol. The lowest BCUT2D eigenvalue weighted by Gasteiger charge is -2.10. The van der Waals surface area contributed by atoms with Crippen LogP contribution in [-0.2, 0) is 4.79 Å². The molecule has 1 N–H and O–H groups in total. The second kappa shape index (κ2) is 6.65. The highest BCUT2D eigenvalue weighted by molar-refractivity contribution is 6.00. The van der Waals surface area contributed by atoms with Crippen LogP contribution in [0, 0.1) is 16.0 Å². The molecule has 0 saturated carbocycles. The van der Waals surface area contributed by atoms with Gasteiger partial charge in [-0.05, 0) is 6.07 Å². The number of amides is 1. The minimum absolute atomic E-state index is 0.0262. The topological polar surface area (TPSA) is 98.5 Å². The van der Waals surface area contributed by atoms with Gasteiger partial charge in [0.2, 0.25) is 5.75 Å². The van der Waals surface area contributed by atoms with Gasteiger partial charge in [0.1, 0.15) is 0 Å². The van der Waals surface area contributed by atoms with E-state index in [9.17, 15) is 19.7 Å². The normalized spacial score (nSPS) is 10.2. The Morgan fingerprint density at radius 2 is 2.05 bits per heavy atom. The van der Waals surface area contributed by atoms with Crippen molar-refractivity contribution in [2.75, 3.05) is 13.7 Å². The Bertz CT molecular complexity index is 540. The maximum Gasteiger partial charge on any atom is 0.311 e. The summed E-state index contributed by atoms with van der Waals surface area (Å²) in [5, 5.41) is 13.3. The molecule has 0 radical (unpaired) electrons. The van der Waals surface area contributed by atoms with Crippen molar-refractivity contribution in [2.45, 2.75) is 13.8 Å². The molecule has 108 valence electrons. The van der Waals surface area contributed by atoms with Gasteiger partial charge in [-0.2, -0.15) is 0 Å². The van der Waals surface area contributed by atoms with Gasteiger partial charge in [0, 0.05) is 12.0 Å². The third-order valence-corrected chi connectivity index (χ3v) is 2.71. The number of para-hydroxylation sites is 1. The molecule has 1 rings (SSSR count). The summed E-state index contributed by atoms with van der Waals surface area (Å²) in [6.07, 6.45) is 0. The van der Waals surface area contributed by atoms with E-state index >= 15 is 0 Å². The number of hydrogen-bond donors (Lipinski definition) is 1. The highest BCUT2D eigenvalue weighted by Crippen LogP contribution is 2.30. The number of nitrogens with zero attached hydrogens (tertiary/aromatic N) is 1. The number of rotatable bonds is 6. The van der Waals surface area contributed by atoms with Crippen LogP contribution in [-0.4, -0.2) is 30.3 Å². The zero-order valence-corrected chi connectivity index (χ0v) is 11.5. The largest absolute Gasteiger partial charge is 0.490 e. The second-order valence-corrected chi connectivity index (χ2v) is 4.42. The zero-order valence-electron chi connectivity index (χ0n) is 11.5. The van der Waals surface area contributed by atoms with Crippen LogP contribution in [0.2, 0.25) is 0 Å². The molecule has 0 aliphatic rings. The number of ether oxygens (including phenoxy) is 1. The highest BCUT2D eigenvalue weighted by Gasteiger charge is 2.22. The summed E-state index contributed by atoms with van der Waals surface area (Å²) in [5.41, 5.74) is -0.270. The average Bonchev–Trinajstić information content (AvgIpc) is 2.42. The van der Waals surface area contributed by atoms with Crippen LogP contribution >= 0.6 is 0 Å². The number of nitrogens with one attached hydrogen (secondary N) is 1.